The average Bonchev–Trinajstić information content (AvgIpc) is 3.56. The van der Waals surface area contributed by atoms with Gasteiger partial charge in [-0.15, -0.1) is 0 Å². The SMILES string of the molecule is C=C(CC1=CCC=C1C1=Cc2cc(CC3CCCCC3)ccc2C1)c1cccc2c1CC(C)=C2. The van der Waals surface area contributed by atoms with Crippen molar-refractivity contribution in [3.63, 3.8) is 0 Å². The number of benzene rings is 2. The lowest BCUT2D eigenvalue weighted by Gasteiger charge is -2.21. The Morgan fingerprint density at radius 1 is 0.941 bits per heavy atom. The van der Waals surface area contributed by atoms with Crippen molar-refractivity contribution in [2.45, 2.75) is 71.1 Å². The van der Waals surface area contributed by atoms with Gasteiger partial charge in [0.1, 0.15) is 0 Å². The summed E-state index contributed by atoms with van der Waals surface area (Å²) >= 11 is 0. The van der Waals surface area contributed by atoms with Crippen molar-refractivity contribution in [1.82, 2.24) is 0 Å². The van der Waals surface area contributed by atoms with Crippen molar-refractivity contribution < 1.29 is 0 Å². The fourth-order valence-corrected chi connectivity index (χ4v) is 6.66. The molecule has 1 fully saturated rings. The standard InChI is InChI=1S/C34H36/c1-23-16-28-10-6-12-32(34(28)17-23)24(2)18-29-11-7-13-33(29)31-21-27-15-14-26(20-30(27)22-31)19-25-8-4-3-5-9-25/h6,10-16,20,22,25H,2-5,7-9,17-19,21H2,1H3. The van der Waals surface area contributed by atoms with E-state index in [1.54, 1.807) is 0 Å². The Kier molecular flexibility index (Phi) is 5.77. The maximum atomic E-state index is 4.55. The fraction of sp³-hybridized carbons (Fsp3) is 0.353. The summed E-state index contributed by atoms with van der Waals surface area (Å²) in [5.74, 6) is 0.896. The lowest BCUT2D eigenvalue weighted by Crippen LogP contribution is -2.09. The van der Waals surface area contributed by atoms with Gasteiger partial charge in [0.25, 0.3) is 0 Å². The van der Waals surface area contributed by atoms with E-state index < -0.39 is 0 Å². The molecule has 1 saturated carbocycles. The fourth-order valence-electron chi connectivity index (χ4n) is 6.66. The molecule has 0 nitrogen and oxygen atoms in total. The maximum absolute atomic E-state index is 4.55. The van der Waals surface area contributed by atoms with Crippen molar-refractivity contribution in [3.05, 3.63) is 111 Å². The minimum absolute atomic E-state index is 0.896. The van der Waals surface area contributed by atoms with Gasteiger partial charge >= 0.3 is 0 Å². The van der Waals surface area contributed by atoms with Crippen LogP contribution in [0.3, 0.4) is 0 Å². The quantitative estimate of drug-likeness (QED) is 0.417. The summed E-state index contributed by atoms with van der Waals surface area (Å²) in [6.45, 7) is 6.78. The molecule has 4 aliphatic rings. The second-order valence-electron chi connectivity index (χ2n) is 11.0. The third-order valence-corrected chi connectivity index (χ3v) is 8.40. The first-order valence-electron chi connectivity index (χ1n) is 13.3. The van der Waals surface area contributed by atoms with Crippen molar-refractivity contribution >= 4 is 17.7 Å². The summed E-state index contributed by atoms with van der Waals surface area (Å²) in [5.41, 5.74) is 15.8. The molecule has 34 heavy (non-hydrogen) atoms. The van der Waals surface area contributed by atoms with Crippen LogP contribution in [0.1, 0.15) is 85.3 Å². The second-order valence-corrected chi connectivity index (χ2v) is 11.0. The Balaban J connectivity index is 1.17. The van der Waals surface area contributed by atoms with Crippen LogP contribution >= 0.6 is 0 Å². The molecule has 0 atom stereocenters. The Morgan fingerprint density at radius 2 is 1.82 bits per heavy atom. The third-order valence-electron chi connectivity index (χ3n) is 8.40. The zero-order chi connectivity index (χ0) is 23.1. The van der Waals surface area contributed by atoms with Gasteiger partial charge in [0.05, 0.1) is 0 Å². The van der Waals surface area contributed by atoms with Gasteiger partial charge in [-0.25, -0.2) is 0 Å². The molecule has 0 heteroatoms. The molecule has 0 spiro atoms. The van der Waals surface area contributed by atoms with Crippen LogP contribution in [0.4, 0.5) is 0 Å². The summed E-state index contributed by atoms with van der Waals surface area (Å²) in [4.78, 5) is 0. The van der Waals surface area contributed by atoms with Gasteiger partial charge in [0.2, 0.25) is 0 Å². The topological polar surface area (TPSA) is 0 Å². The van der Waals surface area contributed by atoms with Gasteiger partial charge in [0.15, 0.2) is 0 Å². The molecule has 2 aromatic rings. The van der Waals surface area contributed by atoms with Gasteiger partial charge in [0, 0.05) is 0 Å². The van der Waals surface area contributed by atoms with Crippen molar-refractivity contribution in [2.75, 3.05) is 0 Å². The van der Waals surface area contributed by atoms with Crippen molar-refractivity contribution in [3.8, 4) is 0 Å². The van der Waals surface area contributed by atoms with Crippen LogP contribution in [0.15, 0.2) is 77.4 Å². The number of hydrogen-bond donors (Lipinski definition) is 0. The van der Waals surface area contributed by atoms with Crippen LogP contribution in [-0.4, -0.2) is 0 Å². The first-order chi connectivity index (χ1) is 16.6. The summed E-state index contributed by atoms with van der Waals surface area (Å²) < 4.78 is 0. The predicted octanol–water partition coefficient (Wildman–Crippen LogP) is 9.07. The molecule has 4 aliphatic carbocycles. The van der Waals surface area contributed by atoms with Gasteiger partial charge in [-0.3, -0.25) is 0 Å². The summed E-state index contributed by atoms with van der Waals surface area (Å²) in [6, 6.07) is 14.0. The Morgan fingerprint density at radius 3 is 2.71 bits per heavy atom. The molecular weight excluding hydrogens is 408 g/mol. The molecule has 0 aliphatic heterocycles. The molecule has 0 bridgehead atoms. The van der Waals surface area contributed by atoms with E-state index in [1.165, 1.54) is 99.8 Å². The summed E-state index contributed by atoms with van der Waals surface area (Å²) in [5, 5.41) is 0. The molecule has 0 amide bonds. The Bertz CT molecular complexity index is 1270. The maximum Gasteiger partial charge on any atom is -0.00137 e. The van der Waals surface area contributed by atoms with E-state index in [0.717, 1.165) is 31.6 Å². The van der Waals surface area contributed by atoms with E-state index >= 15 is 0 Å². The molecule has 0 saturated heterocycles. The van der Waals surface area contributed by atoms with Crippen LogP contribution in [0.5, 0.6) is 0 Å². The van der Waals surface area contributed by atoms with E-state index in [9.17, 15) is 0 Å². The van der Waals surface area contributed by atoms with Gasteiger partial charge in [-0.2, -0.15) is 0 Å². The number of rotatable bonds is 6. The van der Waals surface area contributed by atoms with Gasteiger partial charge in [-0.1, -0.05) is 105 Å². The van der Waals surface area contributed by atoms with Gasteiger partial charge in [-0.05, 0) is 101 Å². The third kappa shape index (κ3) is 4.20. The van der Waals surface area contributed by atoms with E-state index in [0.29, 0.717) is 0 Å². The second kappa shape index (κ2) is 9.06. The molecule has 6 rings (SSSR count). The molecule has 172 valence electrons. The molecular formula is C34H36. The summed E-state index contributed by atoms with van der Waals surface area (Å²) in [6.07, 6.45) is 22.2. The highest BCUT2D eigenvalue weighted by atomic mass is 14.3. The highest BCUT2D eigenvalue weighted by Gasteiger charge is 2.23. The zero-order valence-corrected chi connectivity index (χ0v) is 20.6. The minimum Gasteiger partial charge on any atom is -0.0949 e. The molecule has 0 heterocycles. The van der Waals surface area contributed by atoms with Gasteiger partial charge < -0.3 is 0 Å². The average molecular weight is 445 g/mol. The van der Waals surface area contributed by atoms with E-state index in [1.807, 2.05) is 0 Å². The number of hydrogen-bond acceptors (Lipinski definition) is 0. The van der Waals surface area contributed by atoms with Crippen LogP contribution in [0.25, 0.3) is 17.7 Å². The molecule has 0 aromatic heterocycles. The first kappa shape index (κ1) is 21.7. The zero-order valence-electron chi connectivity index (χ0n) is 20.6. The van der Waals surface area contributed by atoms with Crippen LogP contribution in [-0.2, 0) is 19.3 Å². The number of allylic oxidation sites excluding steroid dienone is 7. The molecule has 0 radical (unpaired) electrons. The van der Waals surface area contributed by atoms with Crippen LogP contribution < -0.4 is 0 Å². The molecule has 2 aromatic carbocycles. The first-order valence-corrected chi connectivity index (χ1v) is 13.3. The van der Waals surface area contributed by atoms with Crippen molar-refractivity contribution in [1.29, 1.82) is 0 Å². The van der Waals surface area contributed by atoms with E-state index in [2.05, 4.69) is 74.2 Å². The Hall–Kier alpha value is -2.86. The van der Waals surface area contributed by atoms with E-state index in [-0.39, 0.29) is 0 Å². The number of fused-ring (bicyclic) bond motifs is 2. The lowest BCUT2D eigenvalue weighted by atomic mass is 9.84. The predicted molar refractivity (Wildman–Crippen MR) is 147 cm³/mol. The van der Waals surface area contributed by atoms with E-state index in [4.69, 9.17) is 0 Å². The molecule has 0 N–H and O–H groups in total. The molecule has 0 unspecified atom stereocenters. The van der Waals surface area contributed by atoms with Crippen molar-refractivity contribution in [2.24, 2.45) is 5.92 Å². The highest BCUT2D eigenvalue weighted by Crippen LogP contribution is 2.40. The highest BCUT2D eigenvalue weighted by molar-refractivity contribution is 5.78. The Labute approximate surface area is 205 Å². The smallest absolute Gasteiger partial charge is 0.00137 e. The van der Waals surface area contributed by atoms with Crippen LogP contribution in [0.2, 0.25) is 0 Å². The minimum atomic E-state index is 0.896. The lowest BCUT2D eigenvalue weighted by molar-refractivity contribution is 0.356. The normalized spacial score (nSPS) is 19.3. The summed E-state index contributed by atoms with van der Waals surface area (Å²) in [7, 11) is 0. The largest absolute Gasteiger partial charge is 0.0949 e. The van der Waals surface area contributed by atoms with Crippen LogP contribution in [0, 0.1) is 5.92 Å². The monoisotopic (exact) mass is 444 g/mol.